The van der Waals surface area contributed by atoms with Crippen LogP contribution in [0.1, 0.15) is 25.2 Å². The van der Waals surface area contributed by atoms with Crippen molar-refractivity contribution in [3.05, 3.63) is 28.8 Å². The number of ether oxygens (including phenoxy) is 1. The molecule has 21 heavy (non-hydrogen) atoms. The van der Waals surface area contributed by atoms with Gasteiger partial charge in [-0.25, -0.2) is 9.37 Å². The summed E-state index contributed by atoms with van der Waals surface area (Å²) in [5.41, 5.74) is 1.49. The molecule has 2 unspecified atom stereocenters. The van der Waals surface area contributed by atoms with E-state index in [1.807, 2.05) is 0 Å². The molecule has 0 bridgehead atoms. The van der Waals surface area contributed by atoms with Gasteiger partial charge in [0.15, 0.2) is 0 Å². The highest BCUT2D eigenvalue weighted by Gasteiger charge is 2.27. The monoisotopic (exact) mass is 330 g/mol. The van der Waals surface area contributed by atoms with E-state index in [0.717, 1.165) is 31.0 Å². The second-order valence-corrected chi connectivity index (χ2v) is 6.24. The van der Waals surface area contributed by atoms with Crippen LogP contribution in [0, 0.1) is 11.7 Å². The van der Waals surface area contributed by atoms with Crippen LogP contribution in [0.2, 0.25) is 5.02 Å². The first-order valence-electron chi connectivity index (χ1n) is 7.11. The maximum Gasteiger partial charge on any atom is 0.144 e. The number of alkyl halides is 1. The Morgan fingerprint density at radius 1 is 1.52 bits per heavy atom. The Morgan fingerprint density at radius 3 is 3.00 bits per heavy atom. The molecule has 1 saturated heterocycles. The average Bonchev–Trinajstić information content (AvgIpc) is 3.07. The number of halogens is 3. The first-order valence-corrected chi connectivity index (χ1v) is 8.02. The number of aromatic nitrogens is 2. The summed E-state index contributed by atoms with van der Waals surface area (Å²) in [6.45, 7) is 3.69. The smallest absolute Gasteiger partial charge is 0.144 e. The summed E-state index contributed by atoms with van der Waals surface area (Å²) in [6.07, 6.45) is 1.67. The van der Waals surface area contributed by atoms with Gasteiger partial charge in [-0.15, -0.1) is 11.6 Å². The summed E-state index contributed by atoms with van der Waals surface area (Å²) in [6, 6.07) is 3.27. The van der Waals surface area contributed by atoms with Gasteiger partial charge in [0.05, 0.1) is 22.7 Å². The zero-order valence-corrected chi connectivity index (χ0v) is 13.3. The molecule has 0 aliphatic carbocycles. The summed E-state index contributed by atoms with van der Waals surface area (Å²) in [4.78, 5) is 4.54. The van der Waals surface area contributed by atoms with Gasteiger partial charge in [0.2, 0.25) is 0 Å². The van der Waals surface area contributed by atoms with Crippen molar-refractivity contribution in [3.63, 3.8) is 0 Å². The number of nitrogens with zero attached hydrogens (tertiary/aromatic N) is 2. The van der Waals surface area contributed by atoms with Gasteiger partial charge >= 0.3 is 0 Å². The van der Waals surface area contributed by atoms with Crippen LogP contribution in [0.15, 0.2) is 12.1 Å². The minimum atomic E-state index is -0.442. The predicted octanol–water partition coefficient (Wildman–Crippen LogP) is 4.21. The molecule has 2 heterocycles. The zero-order valence-electron chi connectivity index (χ0n) is 11.8. The van der Waals surface area contributed by atoms with E-state index < -0.39 is 5.82 Å². The molecule has 2 aromatic rings. The Balaban J connectivity index is 2.12. The van der Waals surface area contributed by atoms with E-state index in [2.05, 4.69) is 16.5 Å². The number of hydrogen-bond donors (Lipinski definition) is 0. The van der Waals surface area contributed by atoms with E-state index in [-0.39, 0.29) is 11.1 Å². The quantitative estimate of drug-likeness (QED) is 0.785. The van der Waals surface area contributed by atoms with Crippen LogP contribution in [0.3, 0.4) is 0 Å². The van der Waals surface area contributed by atoms with Crippen molar-refractivity contribution in [2.75, 3.05) is 19.1 Å². The van der Waals surface area contributed by atoms with Crippen LogP contribution >= 0.6 is 23.2 Å². The highest BCUT2D eigenvalue weighted by Crippen LogP contribution is 2.32. The van der Waals surface area contributed by atoms with Gasteiger partial charge < -0.3 is 9.30 Å². The third kappa shape index (κ3) is 2.77. The fraction of sp³-hybridized carbons (Fsp3) is 0.533. The molecule has 0 N–H and O–H groups in total. The number of imidazole rings is 1. The minimum Gasteiger partial charge on any atom is -0.381 e. The van der Waals surface area contributed by atoms with Crippen molar-refractivity contribution in [1.29, 1.82) is 0 Å². The van der Waals surface area contributed by atoms with E-state index >= 15 is 0 Å². The summed E-state index contributed by atoms with van der Waals surface area (Å²) < 4.78 is 21.3. The lowest BCUT2D eigenvalue weighted by Crippen LogP contribution is -2.19. The Kier molecular flexibility index (Phi) is 4.38. The van der Waals surface area contributed by atoms with Crippen LogP contribution in [-0.2, 0) is 11.2 Å². The van der Waals surface area contributed by atoms with Crippen molar-refractivity contribution < 1.29 is 9.13 Å². The molecule has 1 aliphatic rings. The van der Waals surface area contributed by atoms with E-state index in [9.17, 15) is 4.39 Å². The average molecular weight is 331 g/mol. The second-order valence-electron chi connectivity index (χ2n) is 5.46. The number of rotatable bonds is 4. The van der Waals surface area contributed by atoms with Gasteiger partial charge in [0.1, 0.15) is 11.6 Å². The van der Waals surface area contributed by atoms with Gasteiger partial charge in [-0.3, -0.25) is 0 Å². The molecule has 1 fully saturated rings. The van der Waals surface area contributed by atoms with Crippen molar-refractivity contribution >= 4 is 34.2 Å². The second kappa shape index (κ2) is 6.11. The molecule has 1 aromatic carbocycles. The minimum absolute atomic E-state index is 0.121. The molecule has 3 rings (SSSR count). The first kappa shape index (κ1) is 15.1. The van der Waals surface area contributed by atoms with Gasteiger partial charge in [0, 0.05) is 36.9 Å². The van der Waals surface area contributed by atoms with Gasteiger partial charge in [-0.05, 0) is 19.4 Å². The Hall–Kier alpha value is -0.840. The molecule has 0 saturated carbocycles. The number of benzene rings is 1. The maximum absolute atomic E-state index is 13.7. The highest BCUT2D eigenvalue weighted by atomic mass is 35.5. The largest absolute Gasteiger partial charge is 0.381 e. The topological polar surface area (TPSA) is 27.1 Å². The lowest BCUT2D eigenvalue weighted by Gasteiger charge is -2.22. The van der Waals surface area contributed by atoms with Gasteiger partial charge in [-0.1, -0.05) is 11.6 Å². The molecule has 6 heteroatoms. The molecule has 0 spiro atoms. The SMILES string of the molecule is CC(C1CCOC1)n1c(CCCl)nc2cc(F)c(Cl)cc21. The van der Waals surface area contributed by atoms with Crippen LogP contribution in [0.4, 0.5) is 4.39 Å². The van der Waals surface area contributed by atoms with Crippen LogP contribution in [-0.4, -0.2) is 28.6 Å². The van der Waals surface area contributed by atoms with Crippen LogP contribution < -0.4 is 0 Å². The van der Waals surface area contributed by atoms with Gasteiger partial charge in [-0.2, -0.15) is 0 Å². The Morgan fingerprint density at radius 2 is 2.33 bits per heavy atom. The lowest BCUT2D eigenvalue weighted by atomic mass is 10.00. The fourth-order valence-electron chi connectivity index (χ4n) is 3.00. The predicted molar refractivity (Wildman–Crippen MR) is 82.8 cm³/mol. The fourth-order valence-corrected chi connectivity index (χ4v) is 3.33. The first-order chi connectivity index (χ1) is 10.1. The van der Waals surface area contributed by atoms with Crippen LogP contribution in [0.25, 0.3) is 11.0 Å². The third-order valence-electron chi connectivity index (χ3n) is 4.18. The molecular weight excluding hydrogens is 314 g/mol. The molecular formula is C15H17Cl2FN2O. The van der Waals surface area contributed by atoms with Crippen molar-refractivity contribution in [1.82, 2.24) is 9.55 Å². The Bertz CT molecular complexity index is 653. The number of aryl methyl sites for hydroxylation is 1. The highest BCUT2D eigenvalue weighted by molar-refractivity contribution is 6.31. The van der Waals surface area contributed by atoms with Crippen LogP contribution in [0.5, 0.6) is 0 Å². The lowest BCUT2D eigenvalue weighted by molar-refractivity contribution is 0.175. The molecule has 3 nitrogen and oxygen atoms in total. The Labute approximate surface area is 133 Å². The maximum atomic E-state index is 13.7. The molecule has 1 aromatic heterocycles. The summed E-state index contributed by atoms with van der Waals surface area (Å²) in [5, 5.41) is 0.121. The third-order valence-corrected chi connectivity index (χ3v) is 4.66. The van der Waals surface area contributed by atoms with Gasteiger partial charge in [0.25, 0.3) is 0 Å². The van der Waals surface area contributed by atoms with E-state index in [1.165, 1.54) is 6.07 Å². The molecule has 114 valence electrons. The molecule has 0 amide bonds. The van der Waals surface area contributed by atoms with Crippen molar-refractivity contribution in [2.45, 2.75) is 25.8 Å². The summed E-state index contributed by atoms with van der Waals surface area (Å²) in [7, 11) is 0. The number of fused-ring (bicyclic) bond motifs is 1. The number of hydrogen-bond acceptors (Lipinski definition) is 2. The van der Waals surface area contributed by atoms with Crippen molar-refractivity contribution in [2.24, 2.45) is 5.92 Å². The van der Waals surface area contributed by atoms with E-state index in [4.69, 9.17) is 27.9 Å². The molecule has 1 aliphatic heterocycles. The molecule has 2 atom stereocenters. The summed E-state index contributed by atoms with van der Waals surface area (Å²) in [5.74, 6) is 1.34. The van der Waals surface area contributed by atoms with Crippen molar-refractivity contribution in [3.8, 4) is 0 Å². The molecule has 0 radical (unpaired) electrons. The standard InChI is InChI=1S/C15H17Cl2FN2O/c1-9(10-3-5-21-8-10)20-14-6-11(17)12(18)7-13(14)19-15(20)2-4-16/h6-7,9-10H,2-5,8H2,1H3. The summed E-state index contributed by atoms with van der Waals surface area (Å²) >= 11 is 11.8. The zero-order chi connectivity index (χ0) is 15.0. The normalized spacial score (nSPS) is 20.3. The van der Waals surface area contributed by atoms with E-state index in [1.54, 1.807) is 6.07 Å². The van der Waals surface area contributed by atoms with E-state index in [0.29, 0.717) is 23.7 Å².